The second-order valence-electron chi connectivity index (χ2n) is 10.2. The lowest BCUT2D eigenvalue weighted by Gasteiger charge is -2.43. The lowest BCUT2D eigenvalue weighted by molar-refractivity contribution is -0.0188. The smallest absolute Gasteiger partial charge is 0.252 e. The Morgan fingerprint density at radius 2 is 1.79 bits per heavy atom. The number of benzene rings is 3. The van der Waals surface area contributed by atoms with Crippen LogP contribution in [0, 0.1) is 11.6 Å². The number of sulfone groups is 1. The zero-order valence-corrected chi connectivity index (χ0v) is 22.6. The number of aromatic amines is 1. The molecule has 1 saturated heterocycles. The molecule has 6 nitrogen and oxygen atoms in total. The lowest BCUT2D eigenvalue weighted by atomic mass is 9.70. The number of hydrogen-bond acceptors (Lipinski definition) is 5. The van der Waals surface area contributed by atoms with E-state index in [4.69, 9.17) is 11.6 Å². The molecule has 0 bridgehead atoms. The van der Waals surface area contributed by atoms with Gasteiger partial charge in [-0.05, 0) is 90.9 Å². The fraction of sp³-hybridized carbons (Fsp3) is 0.276. The van der Waals surface area contributed by atoms with Gasteiger partial charge in [-0.3, -0.25) is 4.79 Å². The second kappa shape index (κ2) is 10.5. The van der Waals surface area contributed by atoms with E-state index in [-0.39, 0.29) is 22.9 Å². The number of aromatic nitrogens is 1. The Kier molecular flexibility index (Phi) is 7.37. The van der Waals surface area contributed by atoms with Crippen molar-refractivity contribution in [3.8, 4) is 0 Å². The molecular formula is C29H27ClF2N2O4S. The fourth-order valence-corrected chi connectivity index (χ4v) is 6.31. The Hall–Kier alpha value is -3.11. The number of fused-ring (bicyclic) bond motifs is 1. The highest BCUT2D eigenvalue weighted by Gasteiger charge is 2.44. The van der Waals surface area contributed by atoms with Crippen LogP contribution in [0.3, 0.4) is 0 Å². The van der Waals surface area contributed by atoms with Crippen LogP contribution in [0.15, 0.2) is 76.4 Å². The van der Waals surface area contributed by atoms with Gasteiger partial charge in [-0.25, -0.2) is 17.2 Å². The first-order chi connectivity index (χ1) is 18.4. The van der Waals surface area contributed by atoms with Gasteiger partial charge in [-0.15, -0.1) is 0 Å². The van der Waals surface area contributed by atoms with Gasteiger partial charge in [-0.2, -0.15) is 0 Å². The summed E-state index contributed by atoms with van der Waals surface area (Å²) in [7, 11) is -3.48. The molecule has 4 aromatic rings. The van der Waals surface area contributed by atoms with Crippen molar-refractivity contribution in [1.29, 1.82) is 0 Å². The van der Waals surface area contributed by atoms with E-state index in [1.54, 1.807) is 36.4 Å². The molecule has 204 valence electrons. The van der Waals surface area contributed by atoms with Crippen molar-refractivity contribution >= 4 is 32.3 Å². The molecule has 3 aromatic carbocycles. The van der Waals surface area contributed by atoms with Gasteiger partial charge in [0.15, 0.2) is 21.5 Å². The monoisotopic (exact) mass is 572 g/mol. The van der Waals surface area contributed by atoms with E-state index in [9.17, 15) is 27.1 Å². The van der Waals surface area contributed by atoms with Gasteiger partial charge < -0.3 is 15.4 Å². The second-order valence-corrected chi connectivity index (χ2v) is 12.7. The van der Waals surface area contributed by atoms with Gasteiger partial charge in [-0.1, -0.05) is 29.8 Å². The Morgan fingerprint density at radius 1 is 1.05 bits per heavy atom. The molecule has 0 aliphatic carbocycles. The van der Waals surface area contributed by atoms with Crippen LogP contribution >= 0.6 is 11.6 Å². The molecule has 1 aromatic heterocycles. The van der Waals surface area contributed by atoms with E-state index < -0.39 is 38.5 Å². The molecule has 39 heavy (non-hydrogen) atoms. The maximum atomic E-state index is 13.8. The molecular weight excluding hydrogens is 546 g/mol. The third-order valence-electron chi connectivity index (χ3n) is 7.38. The minimum Gasteiger partial charge on any atom is -0.389 e. The third-order valence-corrected chi connectivity index (χ3v) is 8.74. The van der Waals surface area contributed by atoms with Crippen LogP contribution in [0.4, 0.5) is 8.78 Å². The summed E-state index contributed by atoms with van der Waals surface area (Å²) >= 11 is 6.14. The van der Waals surface area contributed by atoms with Crippen LogP contribution in [-0.4, -0.2) is 43.0 Å². The van der Waals surface area contributed by atoms with E-state index in [0.717, 1.165) is 18.4 Å². The van der Waals surface area contributed by atoms with E-state index >= 15 is 0 Å². The number of pyridine rings is 1. The zero-order chi connectivity index (χ0) is 27.9. The molecule has 2 heterocycles. The normalized spacial score (nSPS) is 20.7. The molecule has 3 unspecified atom stereocenters. The van der Waals surface area contributed by atoms with E-state index in [2.05, 4.69) is 10.3 Å². The minimum absolute atomic E-state index is 0.114. The Balaban J connectivity index is 1.59. The summed E-state index contributed by atoms with van der Waals surface area (Å²) < 4.78 is 51.6. The molecule has 10 heteroatoms. The fourth-order valence-electron chi connectivity index (χ4n) is 5.53. The van der Waals surface area contributed by atoms with Gasteiger partial charge in [0.25, 0.3) is 5.56 Å². The van der Waals surface area contributed by atoms with Crippen molar-refractivity contribution in [2.45, 2.75) is 41.7 Å². The molecule has 1 fully saturated rings. The summed E-state index contributed by atoms with van der Waals surface area (Å²) in [5.41, 5.74) is 0.206. The van der Waals surface area contributed by atoms with Gasteiger partial charge >= 0.3 is 0 Å². The molecule has 0 saturated carbocycles. The minimum atomic E-state index is -3.48. The first-order valence-electron chi connectivity index (χ1n) is 12.5. The summed E-state index contributed by atoms with van der Waals surface area (Å²) in [6, 6.07) is 16.5. The molecule has 3 N–H and O–H groups in total. The van der Waals surface area contributed by atoms with E-state index in [1.165, 1.54) is 18.2 Å². The van der Waals surface area contributed by atoms with Crippen LogP contribution in [0.25, 0.3) is 10.9 Å². The third kappa shape index (κ3) is 5.77. The highest BCUT2D eigenvalue weighted by atomic mass is 35.5. The molecule has 0 amide bonds. The predicted octanol–water partition coefficient (Wildman–Crippen LogP) is 4.72. The van der Waals surface area contributed by atoms with Crippen LogP contribution < -0.4 is 10.9 Å². The summed E-state index contributed by atoms with van der Waals surface area (Å²) in [6.07, 6.45) is 2.00. The Morgan fingerprint density at radius 3 is 2.49 bits per heavy atom. The van der Waals surface area contributed by atoms with Crippen molar-refractivity contribution in [3.63, 3.8) is 0 Å². The van der Waals surface area contributed by atoms with Crippen LogP contribution in [0.2, 0.25) is 5.02 Å². The number of halogens is 3. The largest absolute Gasteiger partial charge is 0.389 e. The van der Waals surface area contributed by atoms with Crippen molar-refractivity contribution in [3.05, 3.63) is 110 Å². The average Bonchev–Trinajstić information content (AvgIpc) is 2.87. The summed E-state index contributed by atoms with van der Waals surface area (Å²) in [6.45, 7) is 0.429. The highest BCUT2D eigenvalue weighted by molar-refractivity contribution is 7.90. The average molecular weight is 573 g/mol. The number of rotatable bonds is 6. The summed E-state index contributed by atoms with van der Waals surface area (Å²) in [4.78, 5) is 16.4. The Labute approximate surface area is 229 Å². The van der Waals surface area contributed by atoms with Gasteiger partial charge in [0.1, 0.15) is 0 Å². The van der Waals surface area contributed by atoms with Crippen molar-refractivity contribution in [1.82, 2.24) is 10.3 Å². The predicted molar refractivity (Wildman–Crippen MR) is 147 cm³/mol. The first kappa shape index (κ1) is 27.5. The summed E-state index contributed by atoms with van der Waals surface area (Å²) in [5, 5.41) is 16.5. The standard InChI is InChI=1S/C29H27ClF2N2O4S/c1-39(37,38)22-7-9-26-19(14-22)15-23(28(35)34-26)27(18-3-5-20(30)6-4-18)29(36)10-11-33-21(16-29)12-17-2-8-24(31)25(32)13-17/h2-9,13-15,21,27,33,36H,10-12,16H2,1H3,(H,34,35). The van der Waals surface area contributed by atoms with E-state index in [1.807, 2.05) is 0 Å². The Bertz CT molecular complexity index is 1710. The SMILES string of the molecule is CS(=O)(=O)c1ccc2[nH]c(=O)c(C(c3ccc(Cl)cc3)C3(O)CCNC(Cc4ccc(F)c(F)c4)C3)cc2c1. The van der Waals surface area contributed by atoms with Crippen LogP contribution in [0.1, 0.15) is 35.4 Å². The van der Waals surface area contributed by atoms with Crippen molar-refractivity contribution < 1.29 is 22.3 Å². The van der Waals surface area contributed by atoms with E-state index in [0.29, 0.717) is 46.4 Å². The number of hydrogen-bond donors (Lipinski definition) is 3. The highest BCUT2D eigenvalue weighted by Crippen LogP contribution is 2.41. The molecule has 0 spiro atoms. The van der Waals surface area contributed by atoms with Crippen molar-refractivity contribution in [2.24, 2.45) is 0 Å². The number of nitrogens with one attached hydrogen (secondary N) is 2. The van der Waals surface area contributed by atoms with Gasteiger partial charge in [0.05, 0.1) is 10.5 Å². The zero-order valence-electron chi connectivity index (χ0n) is 21.0. The van der Waals surface area contributed by atoms with Gasteiger partial charge in [0, 0.05) is 34.3 Å². The van der Waals surface area contributed by atoms with Crippen LogP contribution in [-0.2, 0) is 16.3 Å². The lowest BCUT2D eigenvalue weighted by Crippen LogP contribution is -2.52. The molecule has 1 aliphatic heterocycles. The van der Waals surface area contributed by atoms with Crippen LogP contribution in [0.5, 0.6) is 0 Å². The number of aliphatic hydroxyl groups is 1. The van der Waals surface area contributed by atoms with Crippen molar-refractivity contribution in [2.75, 3.05) is 12.8 Å². The topological polar surface area (TPSA) is 99.3 Å². The summed E-state index contributed by atoms with van der Waals surface area (Å²) in [5.74, 6) is -2.64. The maximum absolute atomic E-state index is 13.8. The molecule has 3 atom stereocenters. The molecule has 5 rings (SSSR count). The molecule has 1 aliphatic rings. The molecule has 0 radical (unpaired) electrons. The first-order valence-corrected chi connectivity index (χ1v) is 14.7. The number of H-pyrrole nitrogens is 1. The maximum Gasteiger partial charge on any atom is 0.252 e. The number of piperidine rings is 1. The van der Waals surface area contributed by atoms with Gasteiger partial charge in [0.2, 0.25) is 0 Å². The quantitative estimate of drug-likeness (QED) is 0.310.